The second-order valence-electron chi connectivity index (χ2n) is 6.92. The second-order valence-corrected chi connectivity index (χ2v) is 6.92. The van der Waals surface area contributed by atoms with Gasteiger partial charge in [-0.05, 0) is 30.7 Å². The van der Waals surface area contributed by atoms with Gasteiger partial charge in [-0.1, -0.05) is 44.2 Å². The van der Waals surface area contributed by atoms with Crippen LogP contribution in [-0.4, -0.2) is 17.2 Å². The maximum absolute atomic E-state index is 12.4. The zero-order valence-corrected chi connectivity index (χ0v) is 12.3. The Bertz CT molecular complexity index is 522. The first-order valence-corrected chi connectivity index (χ1v) is 7.32. The standard InChI is InChI=1S/C17H22O3/c1-16(2)12-9-10-17(16,3)15(19)20-14(12)13(18)11-7-5-4-6-8-11/h4-8,12-14,18H,9-10H2,1-3H3/t12-,13+,14+,17+/m0/s1. The number of hydrogen-bond donors (Lipinski definition) is 1. The largest absolute Gasteiger partial charge is 0.458 e. The molecule has 1 aromatic rings. The quantitative estimate of drug-likeness (QED) is 0.843. The summed E-state index contributed by atoms with van der Waals surface area (Å²) in [5, 5.41) is 10.6. The van der Waals surface area contributed by atoms with Crippen LogP contribution in [0.2, 0.25) is 0 Å². The van der Waals surface area contributed by atoms with Crippen molar-refractivity contribution in [1.82, 2.24) is 0 Å². The predicted octanol–water partition coefficient (Wildman–Crippen LogP) is 3.09. The van der Waals surface area contributed by atoms with Gasteiger partial charge in [-0.25, -0.2) is 0 Å². The molecule has 2 aliphatic rings. The second kappa shape index (κ2) is 4.32. The molecule has 20 heavy (non-hydrogen) atoms. The van der Waals surface area contributed by atoms with E-state index in [1.165, 1.54) is 0 Å². The van der Waals surface area contributed by atoms with Crippen molar-refractivity contribution in [3.63, 3.8) is 0 Å². The minimum absolute atomic E-state index is 0.136. The summed E-state index contributed by atoms with van der Waals surface area (Å²) in [5.74, 6) is 0.0524. The van der Waals surface area contributed by atoms with Crippen LogP contribution in [0.1, 0.15) is 45.3 Å². The van der Waals surface area contributed by atoms with Crippen LogP contribution in [-0.2, 0) is 9.53 Å². The van der Waals surface area contributed by atoms with Crippen LogP contribution in [0.4, 0.5) is 0 Å². The zero-order chi connectivity index (χ0) is 14.5. The van der Waals surface area contributed by atoms with E-state index in [-0.39, 0.29) is 17.3 Å². The lowest BCUT2D eigenvalue weighted by molar-refractivity contribution is -0.198. The van der Waals surface area contributed by atoms with Crippen LogP contribution in [0, 0.1) is 16.7 Å². The highest BCUT2D eigenvalue weighted by molar-refractivity contribution is 5.79. The van der Waals surface area contributed by atoms with Gasteiger partial charge in [0.05, 0.1) is 5.41 Å². The summed E-state index contributed by atoms with van der Waals surface area (Å²) in [7, 11) is 0. The fraction of sp³-hybridized carbons (Fsp3) is 0.588. The third kappa shape index (κ3) is 1.65. The van der Waals surface area contributed by atoms with Crippen molar-refractivity contribution in [3.05, 3.63) is 35.9 Å². The van der Waals surface area contributed by atoms with Gasteiger partial charge in [-0.15, -0.1) is 0 Å². The third-order valence-corrected chi connectivity index (χ3v) is 5.85. The van der Waals surface area contributed by atoms with Crippen LogP contribution >= 0.6 is 0 Å². The maximum atomic E-state index is 12.4. The third-order valence-electron chi connectivity index (χ3n) is 5.85. The molecule has 3 rings (SSSR count). The van der Waals surface area contributed by atoms with Crippen molar-refractivity contribution >= 4 is 5.97 Å². The number of esters is 1. The van der Waals surface area contributed by atoms with Gasteiger partial charge >= 0.3 is 5.97 Å². The van der Waals surface area contributed by atoms with Crippen LogP contribution < -0.4 is 0 Å². The van der Waals surface area contributed by atoms with E-state index in [0.717, 1.165) is 18.4 Å². The summed E-state index contributed by atoms with van der Waals surface area (Å²) in [5.41, 5.74) is 0.268. The lowest BCUT2D eigenvalue weighted by Crippen LogP contribution is -2.53. The summed E-state index contributed by atoms with van der Waals surface area (Å²) in [4.78, 5) is 12.4. The van der Waals surface area contributed by atoms with E-state index in [0.29, 0.717) is 0 Å². The van der Waals surface area contributed by atoms with Gasteiger partial charge in [-0.2, -0.15) is 0 Å². The Kier molecular flexibility index (Phi) is 2.94. The molecule has 3 heteroatoms. The van der Waals surface area contributed by atoms with Gasteiger partial charge < -0.3 is 9.84 Å². The molecule has 2 bridgehead atoms. The highest BCUT2D eigenvalue weighted by Gasteiger charge is 2.64. The van der Waals surface area contributed by atoms with Crippen molar-refractivity contribution in [3.8, 4) is 0 Å². The van der Waals surface area contributed by atoms with Crippen molar-refractivity contribution in [2.24, 2.45) is 16.7 Å². The van der Waals surface area contributed by atoms with Gasteiger partial charge in [0.25, 0.3) is 0 Å². The molecular formula is C17H22O3. The van der Waals surface area contributed by atoms with Crippen LogP contribution in [0.25, 0.3) is 0 Å². The number of carbonyl (C=O) groups is 1. The van der Waals surface area contributed by atoms with Crippen molar-refractivity contribution < 1.29 is 14.6 Å². The number of carbonyl (C=O) groups excluding carboxylic acids is 1. The molecule has 0 unspecified atom stereocenters. The van der Waals surface area contributed by atoms with E-state index in [2.05, 4.69) is 13.8 Å². The van der Waals surface area contributed by atoms with Gasteiger partial charge in [0, 0.05) is 5.92 Å². The minimum Gasteiger partial charge on any atom is -0.458 e. The van der Waals surface area contributed by atoms with E-state index in [4.69, 9.17) is 4.74 Å². The number of ether oxygens (including phenoxy) is 1. The Hall–Kier alpha value is -1.35. The Balaban J connectivity index is 1.95. The number of aliphatic hydroxyl groups excluding tert-OH is 1. The van der Waals surface area contributed by atoms with E-state index < -0.39 is 17.6 Å². The first-order chi connectivity index (χ1) is 9.38. The molecule has 1 aromatic carbocycles. The van der Waals surface area contributed by atoms with E-state index >= 15 is 0 Å². The highest BCUT2D eigenvalue weighted by atomic mass is 16.6. The molecule has 4 atom stereocenters. The van der Waals surface area contributed by atoms with Crippen molar-refractivity contribution in [2.75, 3.05) is 0 Å². The maximum Gasteiger partial charge on any atom is 0.312 e. The highest BCUT2D eigenvalue weighted by Crippen LogP contribution is 2.62. The SMILES string of the molecule is CC1(C)[C@H]2CC[C@]1(C)C(=O)O[C@H]2[C@H](O)c1ccccc1. The smallest absolute Gasteiger partial charge is 0.312 e. The molecule has 2 fully saturated rings. The van der Waals surface area contributed by atoms with Crippen LogP contribution in [0.5, 0.6) is 0 Å². The fourth-order valence-electron chi connectivity index (χ4n) is 3.94. The van der Waals surface area contributed by atoms with Crippen molar-refractivity contribution in [1.29, 1.82) is 0 Å². The molecule has 0 amide bonds. The number of benzene rings is 1. The molecule has 3 nitrogen and oxygen atoms in total. The lowest BCUT2D eigenvalue weighted by Gasteiger charge is -2.48. The molecule has 1 saturated heterocycles. The first kappa shape index (κ1) is 13.6. The zero-order valence-electron chi connectivity index (χ0n) is 12.3. The summed E-state index contributed by atoms with van der Waals surface area (Å²) >= 11 is 0. The summed E-state index contributed by atoms with van der Waals surface area (Å²) < 4.78 is 5.64. The lowest BCUT2D eigenvalue weighted by atomic mass is 9.62. The molecule has 0 radical (unpaired) electrons. The normalized spacial score (nSPS) is 36.5. The Labute approximate surface area is 120 Å². The molecule has 1 aliphatic carbocycles. The molecular weight excluding hydrogens is 252 g/mol. The van der Waals surface area contributed by atoms with Crippen LogP contribution in [0.15, 0.2) is 30.3 Å². The Morgan fingerprint density at radius 2 is 1.90 bits per heavy atom. The summed E-state index contributed by atoms with van der Waals surface area (Å²) in [6.07, 6.45) is 0.605. The molecule has 1 saturated carbocycles. The molecule has 1 aliphatic heterocycles. The first-order valence-electron chi connectivity index (χ1n) is 7.32. The summed E-state index contributed by atoms with van der Waals surface area (Å²) in [6, 6.07) is 9.47. The number of aliphatic hydroxyl groups is 1. The number of fused-ring (bicyclic) bond motifs is 2. The Morgan fingerprint density at radius 3 is 2.55 bits per heavy atom. The van der Waals surface area contributed by atoms with Gasteiger partial charge in [0.2, 0.25) is 0 Å². The van der Waals surface area contributed by atoms with Gasteiger partial charge in [0.15, 0.2) is 0 Å². The Morgan fingerprint density at radius 1 is 1.25 bits per heavy atom. The van der Waals surface area contributed by atoms with Crippen molar-refractivity contribution in [2.45, 2.75) is 45.8 Å². The van der Waals surface area contributed by atoms with E-state index in [9.17, 15) is 9.90 Å². The molecule has 1 heterocycles. The van der Waals surface area contributed by atoms with E-state index in [1.54, 1.807) is 0 Å². The predicted molar refractivity (Wildman–Crippen MR) is 75.9 cm³/mol. The molecule has 0 spiro atoms. The van der Waals surface area contributed by atoms with Gasteiger partial charge in [0.1, 0.15) is 12.2 Å². The van der Waals surface area contributed by atoms with Gasteiger partial charge in [-0.3, -0.25) is 4.79 Å². The number of rotatable bonds is 2. The monoisotopic (exact) mass is 274 g/mol. The minimum atomic E-state index is -0.743. The molecule has 108 valence electrons. The van der Waals surface area contributed by atoms with E-state index in [1.807, 2.05) is 37.3 Å². The average molecular weight is 274 g/mol. The molecule has 0 aromatic heterocycles. The topological polar surface area (TPSA) is 46.5 Å². The van der Waals surface area contributed by atoms with Crippen LogP contribution in [0.3, 0.4) is 0 Å². The number of hydrogen-bond acceptors (Lipinski definition) is 3. The molecule has 1 N–H and O–H groups in total. The average Bonchev–Trinajstić information content (AvgIpc) is 2.58. The number of cyclic esters (lactones) is 1. The summed E-state index contributed by atoms with van der Waals surface area (Å²) in [6.45, 7) is 6.27. The fourth-order valence-corrected chi connectivity index (χ4v) is 3.94.